The third-order valence-corrected chi connectivity index (χ3v) is 5.44. The molecule has 6 heteroatoms. The van der Waals surface area contributed by atoms with E-state index >= 15 is 0 Å². The number of aromatic nitrogens is 2. The summed E-state index contributed by atoms with van der Waals surface area (Å²) in [6.07, 6.45) is 1.47. The van der Waals surface area contributed by atoms with E-state index in [0.717, 1.165) is 26.2 Å². The number of nitrogens with one attached hydrogen (secondary N) is 1. The van der Waals surface area contributed by atoms with Gasteiger partial charge in [-0.25, -0.2) is 14.8 Å². The van der Waals surface area contributed by atoms with Gasteiger partial charge in [0, 0.05) is 10.4 Å². The van der Waals surface area contributed by atoms with Gasteiger partial charge >= 0.3 is 5.97 Å². The lowest BCUT2D eigenvalue weighted by Gasteiger charge is -2.22. The Morgan fingerprint density at radius 2 is 1.88 bits per heavy atom. The van der Waals surface area contributed by atoms with Gasteiger partial charge in [0.05, 0.1) is 5.39 Å². The molecule has 0 radical (unpaired) electrons. The van der Waals surface area contributed by atoms with E-state index in [2.05, 4.69) is 54.3 Å². The number of hydrogen-bond donors (Lipinski definition) is 2. The van der Waals surface area contributed by atoms with E-state index in [4.69, 9.17) is 0 Å². The van der Waals surface area contributed by atoms with Crippen molar-refractivity contribution in [3.63, 3.8) is 0 Å². The standard InChI is InChI=1S/C19H21N3O2S/c1-10-6-7-13(8-11(10)2)14-12(3)25-17-15(14)16(20-9-21-17)22-19(4,5)18(23)24/h6-9H,1-5H3,(H,23,24)(H,20,21,22). The van der Waals surface area contributed by atoms with E-state index < -0.39 is 11.5 Å². The zero-order valence-corrected chi connectivity index (χ0v) is 15.8. The number of rotatable bonds is 4. The van der Waals surface area contributed by atoms with Crippen LogP contribution in [0, 0.1) is 20.8 Å². The summed E-state index contributed by atoms with van der Waals surface area (Å²) in [6, 6.07) is 6.35. The molecule has 0 spiro atoms. The second kappa shape index (κ2) is 6.11. The number of benzene rings is 1. The highest BCUT2D eigenvalue weighted by atomic mass is 32.1. The number of aryl methyl sites for hydroxylation is 3. The van der Waals surface area contributed by atoms with Crippen LogP contribution >= 0.6 is 11.3 Å². The Balaban J connectivity index is 2.24. The maximum absolute atomic E-state index is 11.5. The van der Waals surface area contributed by atoms with E-state index in [-0.39, 0.29) is 0 Å². The molecular weight excluding hydrogens is 334 g/mol. The zero-order valence-electron chi connectivity index (χ0n) is 15.0. The van der Waals surface area contributed by atoms with Crippen molar-refractivity contribution in [1.29, 1.82) is 0 Å². The van der Waals surface area contributed by atoms with Gasteiger partial charge in [-0.15, -0.1) is 11.3 Å². The van der Waals surface area contributed by atoms with Crippen LogP contribution in [0.5, 0.6) is 0 Å². The fourth-order valence-electron chi connectivity index (χ4n) is 2.73. The fraction of sp³-hybridized carbons (Fsp3) is 0.316. The summed E-state index contributed by atoms with van der Waals surface area (Å²) in [7, 11) is 0. The van der Waals surface area contributed by atoms with Crippen molar-refractivity contribution < 1.29 is 9.90 Å². The van der Waals surface area contributed by atoms with Crippen molar-refractivity contribution in [2.45, 2.75) is 40.2 Å². The van der Waals surface area contributed by atoms with Crippen molar-refractivity contribution in [3.05, 3.63) is 40.5 Å². The third-order valence-electron chi connectivity index (χ3n) is 4.43. The lowest BCUT2D eigenvalue weighted by atomic mass is 9.98. The molecule has 2 heterocycles. The van der Waals surface area contributed by atoms with Crippen LogP contribution in [0.25, 0.3) is 21.3 Å². The van der Waals surface area contributed by atoms with Crippen LogP contribution in [0.2, 0.25) is 0 Å². The molecule has 3 rings (SSSR count). The van der Waals surface area contributed by atoms with Crippen LogP contribution in [0.3, 0.4) is 0 Å². The highest BCUT2D eigenvalue weighted by Crippen LogP contribution is 2.41. The van der Waals surface area contributed by atoms with Crippen molar-refractivity contribution in [1.82, 2.24) is 9.97 Å². The topological polar surface area (TPSA) is 75.1 Å². The molecule has 5 nitrogen and oxygen atoms in total. The SMILES string of the molecule is Cc1ccc(-c2c(C)sc3ncnc(NC(C)(C)C(=O)O)c23)cc1C. The van der Waals surface area contributed by atoms with E-state index in [1.54, 1.807) is 25.2 Å². The van der Waals surface area contributed by atoms with Crippen LogP contribution in [-0.2, 0) is 4.79 Å². The second-order valence-corrected chi connectivity index (χ2v) is 7.99. The minimum atomic E-state index is -1.13. The van der Waals surface area contributed by atoms with Crippen molar-refractivity contribution in [2.24, 2.45) is 0 Å². The van der Waals surface area contributed by atoms with Gasteiger partial charge in [-0.2, -0.15) is 0 Å². The van der Waals surface area contributed by atoms with E-state index in [0.29, 0.717) is 5.82 Å². The number of thiophene rings is 1. The summed E-state index contributed by atoms with van der Waals surface area (Å²) in [5.74, 6) is -0.381. The van der Waals surface area contributed by atoms with Gasteiger partial charge in [0.25, 0.3) is 0 Å². The first kappa shape index (κ1) is 17.4. The Morgan fingerprint density at radius 3 is 2.52 bits per heavy atom. The smallest absolute Gasteiger partial charge is 0.328 e. The van der Waals surface area contributed by atoms with Crippen molar-refractivity contribution in [3.8, 4) is 11.1 Å². The molecule has 0 aliphatic carbocycles. The largest absolute Gasteiger partial charge is 0.480 e. The number of carboxylic acid groups (broad SMARTS) is 1. The Kier molecular flexibility index (Phi) is 4.24. The van der Waals surface area contributed by atoms with Crippen LogP contribution in [0.15, 0.2) is 24.5 Å². The minimum Gasteiger partial charge on any atom is -0.480 e. The molecule has 0 unspecified atom stereocenters. The summed E-state index contributed by atoms with van der Waals surface area (Å²) < 4.78 is 0. The number of anilines is 1. The molecule has 25 heavy (non-hydrogen) atoms. The number of fused-ring (bicyclic) bond motifs is 1. The molecule has 3 aromatic rings. The molecule has 130 valence electrons. The molecular formula is C19H21N3O2S. The Morgan fingerprint density at radius 1 is 1.16 bits per heavy atom. The molecule has 0 fully saturated rings. The number of nitrogens with zero attached hydrogens (tertiary/aromatic N) is 2. The van der Waals surface area contributed by atoms with Crippen LogP contribution < -0.4 is 5.32 Å². The number of carbonyl (C=O) groups is 1. The summed E-state index contributed by atoms with van der Waals surface area (Å²) >= 11 is 1.59. The quantitative estimate of drug-likeness (QED) is 0.717. The first-order valence-electron chi connectivity index (χ1n) is 8.04. The Bertz CT molecular complexity index is 976. The van der Waals surface area contributed by atoms with E-state index in [9.17, 15) is 9.90 Å². The highest BCUT2D eigenvalue weighted by Gasteiger charge is 2.29. The van der Waals surface area contributed by atoms with Gasteiger partial charge < -0.3 is 10.4 Å². The summed E-state index contributed by atoms with van der Waals surface area (Å²) in [5, 5.41) is 13.4. The van der Waals surface area contributed by atoms with Gasteiger partial charge in [0.1, 0.15) is 22.5 Å². The third kappa shape index (κ3) is 3.09. The Labute approximate surface area is 150 Å². The van der Waals surface area contributed by atoms with Gasteiger partial charge in [-0.1, -0.05) is 18.2 Å². The van der Waals surface area contributed by atoms with E-state index in [1.807, 2.05) is 0 Å². The number of carboxylic acids is 1. The Hall–Kier alpha value is -2.47. The minimum absolute atomic E-state index is 0.551. The number of aliphatic carboxylic acids is 1. The molecule has 0 saturated heterocycles. The molecule has 2 N–H and O–H groups in total. The predicted octanol–water partition coefficient (Wildman–Crippen LogP) is 4.56. The van der Waals surface area contributed by atoms with Gasteiger partial charge in [0.2, 0.25) is 0 Å². The lowest BCUT2D eigenvalue weighted by molar-refractivity contribution is -0.141. The first-order chi connectivity index (χ1) is 11.7. The molecule has 0 aliphatic heterocycles. The molecule has 0 amide bonds. The fourth-order valence-corrected chi connectivity index (χ4v) is 3.75. The van der Waals surface area contributed by atoms with Crippen molar-refractivity contribution >= 4 is 33.3 Å². The zero-order chi connectivity index (χ0) is 18.4. The monoisotopic (exact) mass is 355 g/mol. The average molecular weight is 355 g/mol. The van der Waals surface area contributed by atoms with Gasteiger partial charge in [-0.3, -0.25) is 0 Å². The summed E-state index contributed by atoms with van der Waals surface area (Å²) in [6.45, 7) is 9.48. The van der Waals surface area contributed by atoms with Crippen LogP contribution in [0.1, 0.15) is 29.9 Å². The summed E-state index contributed by atoms with van der Waals surface area (Å²) in [4.78, 5) is 22.2. The summed E-state index contributed by atoms with van der Waals surface area (Å²) in [5.41, 5.74) is 3.48. The van der Waals surface area contributed by atoms with Gasteiger partial charge in [0.15, 0.2) is 0 Å². The normalized spacial score (nSPS) is 11.7. The molecule has 0 bridgehead atoms. The lowest BCUT2D eigenvalue weighted by Crippen LogP contribution is -2.40. The highest BCUT2D eigenvalue weighted by molar-refractivity contribution is 7.19. The maximum atomic E-state index is 11.5. The van der Waals surface area contributed by atoms with Gasteiger partial charge in [-0.05, 0) is 51.3 Å². The average Bonchev–Trinajstić information content (AvgIpc) is 2.87. The second-order valence-electron chi connectivity index (χ2n) is 6.79. The maximum Gasteiger partial charge on any atom is 0.328 e. The molecule has 0 atom stereocenters. The molecule has 2 aromatic heterocycles. The van der Waals surface area contributed by atoms with E-state index in [1.165, 1.54) is 17.5 Å². The number of hydrogen-bond acceptors (Lipinski definition) is 5. The van der Waals surface area contributed by atoms with Crippen LogP contribution in [-0.4, -0.2) is 26.6 Å². The molecule has 0 aliphatic rings. The van der Waals surface area contributed by atoms with Crippen molar-refractivity contribution in [2.75, 3.05) is 5.32 Å². The molecule has 0 saturated carbocycles. The predicted molar refractivity (Wildman–Crippen MR) is 102 cm³/mol. The first-order valence-corrected chi connectivity index (χ1v) is 8.85. The van der Waals surface area contributed by atoms with Crippen LogP contribution in [0.4, 0.5) is 5.82 Å². The molecule has 1 aromatic carbocycles.